The van der Waals surface area contributed by atoms with Gasteiger partial charge in [-0.1, -0.05) is 65.0 Å². The van der Waals surface area contributed by atoms with Gasteiger partial charge in [-0.2, -0.15) is 13.0 Å². The summed E-state index contributed by atoms with van der Waals surface area (Å²) in [6, 6.07) is 17.8. The molecule has 1 atom stereocenters. The highest BCUT2D eigenvalue weighted by molar-refractivity contribution is 8.03. The minimum Gasteiger partial charge on any atom is -0.748 e. The number of thioether (sulfide) groups is 1. The van der Waals surface area contributed by atoms with Gasteiger partial charge in [0.1, 0.15) is 4.70 Å². The molecule has 12 heteroatoms. The number of halogens is 1. The Morgan fingerprint density at radius 1 is 1.03 bits per heavy atom. The van der Waals surface area contributed by atoms with Gasteiger partial charge in [0, 0.05) is 45.1 Å². The highest BCUT2D eigenvalue weighted by Gasteiger charge is 2.32. The Bertz CT molecular complexity index is 1780. The normalized spacial score (nSPS) is 17.0. The van der Waals surface area contributed by atoms with Crippen LogP contribution in [-0.2, 0) is 26.8 Å². The average molecular weight is 610 g/mol. The molecular weight excluding hydrogens is 586 g/mol. The third-order valence-electron chi connectivity index (χ3n) is 6.48. The highest BCUT2D eigenvalue weighted by Crippen LogP contribution is 2.53. The van der Waals surface area contributed by atoms with Crippen molar-refractivity contribution < 1.29 is 30.5 Å². The highest BCUT2D eigenvalue weighted by atomic mass is 35.5. The summed E-state index contributed by atoms with van der Waals surface area (Å²) in [5.41, 5.74) is 1.99. The summed E-state index contributed by atoms with van der Waals surface area (Å²) in [6.07, 6.45) is 3.07. The second kappa shape index (κ2) is 10.9. The van der Waals surface area contributed by atoms with Crippen molar-refractivity contribution >= 4 is 82.0 Å². The first-order chi connectivity index (χ1) is 18.0. The van der Waals surface area contributed by atoms with Crippen molar-refractivity contribution in [1.82, 2.24) is 0 Å². The Balaban J connectivity index is 1.59. The Morgan fingerprint density at radius 2 is 1.82 bits per heavy atom. The van der Waals surface area contributed by atoms with Crippen molar-refractivity contribution in [2.24, 2.45) is 0 Å². The van der Waals surface area contributed by atoms with Gasteiger partial charge >= 0.3 is 0 Å². The molecule has 1 aliphatic rings. The van der Waals surface area contributed by atoms with Crippen molar-refractivity contribution in [3.05, 3.63) is 75.1 Å². The summed E-state index contributed by atoms with van der Waals surface area (Å²) >= 11 is 9.44. The Hall–Kier alpha value is -1.99. The number of thiazole rings is 1. The van der Waals surface area contributed by atoms with E-state index in [-0.39, 0.29) is 18.1 Å². The van der Waals surface area contributed by atoms with E-state index in [1.807, 2.05) is 34.9 Å². The molecule has 7 nitrogen and oxygen atoms in total. The molecule has 0 aliphatic carbocycles. The molecule has 0 spiro atoms. The molecule has 3 aromatic carbocycles. The van der Waals surface area contributed by atoms with Gasteiger partial charge in [-0.25, -0.2) is 8.42 Å². The molecule has 38 heavy (non-hydrogen) atoms. The van der Waals surface area contributed by atoms with E-state index in [0.29, 0.717) is 24.4 Å². The first kappa shape index (κ1) is 27.6. The molecule has 4 aromatic rings. The molecule has 1 aromatic heterocycles. The van der Waals surface area contributed by atoms with E-state index in [1.54, 1.807) is 29.2 Å². The third-order valence-corrected chi connectivity index (χ3v) is 10.6. The maximum Gasteiger partial charge on any atom is 0.264 e. The van der Waals surface area contributed by atoms with E-state index in [4.69, 9.17) is 11.6 Å². The smallest absolute Gasteiger partial charge is 0.264 e. The van der Waals surface area contributed by atoms with Crippen molar-refractivity contribution in [3.63, 3.8) is 0 Å². The van der Waals surface area contributed by atoms with Crippen LogP contribution in [0.25, 0.3) is 27.1 Å². The average Bonchev–Trinajstić information content (AvgIpc) is 3.35. The molecule has 1 N–H and O–H groups in total. The SMILES string of the molecule is O=S(=O)([O-])CCC[n+]1c(C=C2Sc3ccc4ccccc4c3C2CCCS(=O)(=O)O)sc2ccc(Cl)cc21. The van der Waals surface area contributed by atoms with E-state index in [0.717, 1.165) is 41.4 Å². The van der Waals surface area contributed by atoms with Crippen LogP contribution < -0.4 is 4.57 Å². The van der Waals surface area contributed by atoms with Crippen LogP contribution in [0.2, 0.25) is 5.02 Å². The number of allylic oxidation sites excluding steroid dienone is 1. The van der Waals surface area contributed by atoms with E-state index in [1.165, 1.54) is 0 Å². The first-order valence-corrected chi connectivity index (χ1v) is 17.1. The molecule has 0 saturated heterocycles. The van der Waals surface area contributed by atoms with Crippen LogP contribution in [0.3, 0.4) is 0 Å². The summed E-state index contributed by atoms with van der Waals surface area (Å²) in [4.78, 5) is 2.13. The Kier molecular flexibility index (Phi) is 7.89. The van der Waals surface area contributed by atoms with Crippen molar-refractivity contribution in [1.29, 1.82) is 0 Å². The number of rotatable bonds is 9. The summed E-state index contributed by atoms with van der Waals surface area (Å²) in [5.74, 6) is -0.850. The maximum atomic E-state index is 11.4. The maximum absolute atomic E-state index is 11.4. The van der Waals surface area contributed by atoms with E-state index < -0.39 is 26.0 Å². The number of hydrogen-bond donors (Lipinski definition) is 1. The molecule has 5 rings (SSSR count). The second-order valence-corrected chi connectivity index (χ2v) is 14.9. The number of benzene rings is 3. The van der Waals surface area contributed by atoms with Gasteiger partial charge in [-0.05, 0) is 47.4 Å². The van der Waals surface area contributed by atoms with Crippen LogP contribution in [0.4, 0.5) is 0 Å². The van der Waals surface area contributed by atoms with Crippen molar-refractivity contribution in [2.45, 2.75) is 36.6 Å². The van der Waals surface area contributed by atoms with Gasteiger partial charge in [-0.3, -0.25) is 4.55 Å². The van der Waals surface area contributed by atoms with Crippen LogP contribution in [0.5, 0.6) is 0 Å². The van der Waals surface area contributed by atoms with Gasteiger partial charge in [-0.15, -0.1) is 0 Å². The summed E-state index contributed by atoms with van der Waals surface area (Å²) in [5, 5.41) is 3.63. The lowest BCUT2D eigenvalue weighted by Crippen LogP contribution is -2.36. The summed E-state index contributed by atoms with van der Waals surface area (Å²) in [7, 11) is -8.42. The molecular formula is C26H24ClNO6S4. The van der Waals surface area contributed by atoms with Crippen LogP contribution in [0, 0.1) is 0 Å². The van der Waals surface area contributed by atoms with Gasteiger partial charge in [0.15, 0.2) is 6.54 Å². The summed E-state index contributed by atoms with van der Waals surface area (Å²) in [6.45, 7) is 0.328. The standard InChI is InChI=1S/C26H24ClNO6S4/c27-18-9-11-22-21(15-18)28(12-4-14-38(32,33)34)25(36-22)16-24-20(7-3-13-37(29,30)31)26-19-6-2-1-5-17(19)8-10-23(26)35-24/h1-2,5-6,8-11,15-16,20H,3-4,7,12-14H2,(H-,29,30,31,32,33,34). The molecule has 1 unspecified atom stereocenters. The molecule has 1 aliphatic heterocycles. The van der Waals surface area contributed by atoms with Crippen LogP contribution in [-0.4, -0.2) is 37.4 Å². The molecule has 0 radical (unpaired) electrons. The predicted molar refractivity (Wildman–Crippen MR) is 152 cm³/mol. The lowest BCUT2D eigenvalue weighted by Gasteiger charge is -2.14. The molecule has 200 valence electrons. The fourth-order valence-corrected chi connectivity index (χ4v) is 8.56. The fourth-order valence-electron chi connectivity index (χ4n) is 4.88. The zero-order valence-corrected chi connectivity index (χ0v) is 24.1. The zero-order valence-electron chi connectivity index (χ0n) is 20.0. The largest absolute Gasteiger partial charge is 0.748 e. The minimum absolute atomic E-state index is 0.0767. The van der Waals surface area contributed by atoms with Gasteiger partial charge in [0.05, 0.1) is 15.9 Å². The quantitative estimate of drug-likeness (QED) is 0.187. The number of nitrogens with zero attached hydrogens (tertiary/aromatic N) is 1. The van der Waals surface area contributed by atoms with Crippen LogP contribution >= 0.6 is 34.7 Å². The van der Waals surface area contributed by atoms with Crippen LogP contribution in [0.15, 0.2) is 64.4 Å². The van der Waals surface area contributed by atoms with Gasteiger partial charge < -0.3 is 4.55 Å². The van der Waals surface area contributed by atoms with Crippen LogP contribution in [0.1, 0.15) is 35.8 Å². The van der Waals surface area contributed by atoms with Gasteiger partial charge in [0.25, 0.3) is 15.1 Å². The summed E-state index contributed by atoms with van der Waals surface area (Å²) < 4.78 is 68.8. The van der Waals surface area contributed by atoms with Gasteiger partial charge in [0.2, 0.25) is 5.52 Å². The topological polar surface area (TPSA) is 115 Å². The van der Waals surface area contributed by atoms with E-state index in [9.17, 15) is 25.9 Å². The van der Waals surface area contributed by atoms with E-state index >= 15 is 0 Å². The zero-order chi connectivity index (χ0) is 27.1. The molecule has 0 saturated carbocycles. The number of aromatic nitrogens is 1. The Morgan fingerprint density at radius 3 is 2.58 bits per heavy atom. The third kappa shape index (κ3) is 6.25. The lowest BCUT2D eigenvalue weighted by molar-refractivity contribution is -0.668. The lowest BCUT2D eigenvalue weighted by atomic mass is 9.90. The molecule has 0 amide bonds. The number of hydrogen-bond acceptors (Lipinski definition) is 7. The predicted octanol–water partition coefficient (Wildman–Crippen LogP) is 5.83. The monoisotopic (exact) mass is 609 g/mol. The second-order valence-electron chi connectivity index (χ2n) is 9.15. The number of fused-ring (bicyclic) bond motifs is 4. The molecule has 0 bridgehead atoms. The van der Waals surface area contributed by atoms with E-state index in [2.05, 4.69) is 24.3 Å². The first-order valence-electron chi connectivity index (χ1n) is 11.9. The minimum atomic E-state index is -4.34. The Labute approximate surface area is 234 Å². The number of aryl methyl sites for hydroxylation is 1. The molecule has 2 heterocycles. The van der Waals surface area contributed by atoms with Crippen molar-refractivity contribution in [3.8, 4) is 0 Å². The fraction of sp³-hybridized carbons (Fsp3) is 0.269. The molecule has 0 fully saturated rings. The van der Waals surface area contributed by atoms with Crippen molar-refractivity contribution in [2.75, 3.05) is 11.5 Å².